The van der Waals surface area contributed by atoms with Crippen molar-refractivity contribution in [3.8, 4) is 0 Å². The lowest BCUT2D eigenvalue weighted by atomic mass is 9.89. The molecule has 0 heterocycles. The first-order valence-electron chi connectivity index (χ1n) is 8.06. The Balaban J connectivity index is 1.73. The quantitative estimate of drug-likeness (QED) is 0.463. The first kappa shape index (κ1) is 14.3. The number of hydrogen-bond acceptors (Lipinski definition) is 1. The van der Waals surface area contributed by atoms with Crippen LogP contribution in [0.4, 0.5) is 0 Å². The molecule has 2 bridgehead atoms. The molecule has 0 aromatic rings. The molecule has 18 heavy (non-hydrogen) atoms. The molecule has 2 aliphatic rings. The van der Waals surface area contributed by atoms with Crippen molar-refractivity contribution in [3.63, 3.8) is 0 Å². The minimum Gasteiger partial charge on any atom is -0.417 e. The van der Waals surface area contributed by atoms with Crippen molar-refractivity contribution in [1.82, 2.24) is 0 Å². The fourth-order valence-electron chi connectivity index (χ4n) is 3.90. The van der Waals surface area contributed by atoms with Crippen LogP contribution in [0.2, 0.25) is 12.1 Å². The van der Waals surface area contributed by atoms with Crippen molar-refractivity contribution in [3.05, 3.63) is 12.2 Å². The van der Waals surface area contributed by atoms with Gasteiger partial charge in [-0.25, -0.2) is 0 Å². The Morgan fingerprint density at radius 3 is 2.39 bits per heavy atom. The summed E-state index contributed by atoms with van der Waals surface area (Å²) in [5.41, 5.74) is 0. The van der Waals surface area contributed by atoms with Gasteiger partial charge in [0, 0.05) is 6.10 Å². The summed E-state index contributed by atoms with van der Waals surface area (Å²) in [4.78, 5) is 0. The van der Waals surface area contributed by atoms with Gasteiger partial charge in [-0.05, 0) is 56.0 Å². The fraction of sp³-hybridized carbons (Fsp3) is 0.875. The Morgan fingerprint density at radius 1 is 1.17 bits per heavy atom. The van der Waals surface area contributed by atoms with Gasteiger partial charge in [0.1, 0.15) is 0 Å². The second-order valence-electron chi connectivity index (χ2n) is 6.42. The van der Waals surface area contributed by atoms with Gasteiger partial charge in [0.25, 0.3) is 0 Å². The molecule has 0 spiro atoms. The molecule has 2 rings (SSSR count). The third-order valence-electron chi connectivity index (χ3n) is 4.70. The fourth-order valence-corrected chi connectivity index (χ4v) is 6.52. The molecular weight excluding hydrogens is 236 g/mol. The van der Waals surface area contributed by atoms with Gasteiger partial charge in [-0.2, -0.15) is 0 Å². The van der Waals surface area contributed by atoms with E-state index in [1.54, 1.807) is 0 Å². The molecule has 1 nitrogen and oxygen atoms in total. The predicted octanol–water partition coefficient (Wildman–Crippen LogP) is 4.54. The van der Waals surface area contributed by atoms with Crippen molar-refractivity contribution in [2.75, 3.05) is 0 Å². The topological polar surface area (TPSA) is 9.23 Å². The van der Waals surface area contributed by atoms with Gasteiger partial charge in [0.2, 0.25) is 0 Å². The van der Waals surface area contributed by atoms with E-state index in [0.29, 0.717) is 6.10 Å². The SMILES string of the molecule is CCC[SiH](CCC)OC(C)CC1CC2C=CC1C2. The van der Waals surface area contributed by atoms with Crippen LogP contribution in [0.15, 0.2) is 12.2 Å². The molecule has 1 saturated carbocycles. The van der Waals surface area contributed by atoms with E-state index in [1.807, 2.05) is 0 Å². The summed E-state index contributed by atoms with van der Waals surface area (Å²) in [6.45, 7) is 6.91. The standard InChI is InChI=1S/C16H30OSi/c1-4-8-18(9-5-2)17-13(3)10-16-12-14-6-7-15(16)11-14/h6-7,13-16,18H,4-5,8-12H2,1-3H3. The van der Waals surface area contributed by atoms with E-state index in [4.69, 9.17) is 4.43 Å². The van der Waals surface area contributed by atoms with Gasteiger partial charge in [-0.1, -0.05) is 38.8 Å². The van der Waals surface area contributed by atoms with E-state index in [1.165, 1.54) is 44.2 Å². The van der Waals surface area contributed by atoms with E-state index < -0.39 is 9.04 Å². The second-order valence-corrected chi connectivity index (χ2v) is 9.09. The van der Waals surface area contributed by atoms with E-state index in [2.05, 4.69) is 32.9 Å². The van der Waals surface area contributed by atoms with E-state index in [9.17, 15) is 0 Å². The Hall–Kier alpha value is -0.0831. The summed E-state index contributed by atoms with van der Waals surface area (Å²) in [7, 11) is -0.888. The third-order valence-corrected chi connectivity index (χ3v) is 7.99. The van der Waals surface area contributed by atoms with E-state index in [-0.39, 0.29) is 0 Å². The highest BCUT2D eigenvalue weighted by atomic mass is 28.3. The lowest BCUT2D eigenvalue weighted by molar-refractivity contribution is 0.174. The molecule has 2 aliphatic carbocycles. The van der Waals surface area contributed by atoms with Crippen LogP contribution in [0.25, 0.3) is 0 Å². The van der Waals surface area contributed by atoms with Gasteiger partial charge >= 0.3 is 0 Å². The Kier molecular flexibility index (Phi) is 5.50. The van der Waals surface area contributed by atoms with Crippen molar-refractivity contribution < 1.29 is 4.43 Å². The monoisotopic (exact) mass is 266 g/mol. The zero-order valence-corrected chi connectivity index (χ0v) is 13.6. The van der Waals surface area contributed by atoms with Crippen LogP contribution in [-0.2, 0) is 4.43 Å². The molecule has 2 heteroatoms. The molecule has 0 saturated heterocycles. The van der Waals surface area contributed by atoms with Gasteiger partial charge < -0.3 is 4.43 Å². The van der Waals surface area contributed by atoms with Crippen LogP contribution in [0.1, 0.15) is 52.9 Å². The largest absolute Gasteiger partial charge is 0.417 e. The molecule has 4 unspecified atom stereocenters. The van der Waals surface area contributed by atoms with E-state index in [0.717, 1.165) is 17.8 Å². The number of allylic oxidation sites excluding steroid dienone is 2. The first-order valence-corrected chi connectivity index (χ1v) is 10.2. The van der Waals surface area contributed by atoms with Gasteiger partial charge in [0.05, 0.1) is 0 Å². The molecule has 0 radical (unpaired) electrons. The normalized spacial score (nSPS) is 31.4. The highest BCUT2D eigenvalue weighted by Crippen LogP contribution is 2.45. The maximum absolute atomic E-state index is 6.42. The lowest BCUT2D eigenvalue weighted by Crippen LogP contribution is -2.26. The van der Waals surface area contributed by atoms with Crippen LogP contribution in [-0.4, -0.2) is 15.1 Å². The summed E-state index contributed by atoms with van der Waals surface area (Å²) in [6, 6.07) is 2.74. The van der Waals surface area contributed by atoms with Gasteiger partial charge in [0.15, 0.2) is 9.04 Å². The predicted molar refractivity (Wildman–Crippen MR) is 81.4 cm³/mol. The Bertz CT molecular complexity index is 270. The molecule has 4 atom stereocenters. The van der Waals surface area contributed by atoms with Crippen molar-refractivity contribution in [1.29, 1.82) is 0 Å². The van der Waals surface area contributed by atoms with Crippen LogP contribution in [0.5, 0.6) is 0 Å². The Labute approximate surface area is 115 Å². The maximum atomic E-state index is 6.42. The summed E-state index contributed by atoms with van der Waals surface area (Å²) in [5, 5.41) is 0. The molecule has 104 valence electrons. The van der Waals surface area contributed by atoms with Crippen LogP contribution < -0.4 is 0 Å². The number of rotatable bonds is 8. The highest BCUT2D eigenvalue weighted by molar-refractivity contribution is 6.51. The lowest BCUT2D eigenvalue weighted by Gasteiger charge is -2.26. The van der Waals surface area contributed by atoms with Crippen molar-refractivity contribution in [2.45, 2.75) is 71.1 Å². The number of hydrogen-bond donors (Lipinski definition) is 0. The van der Waals surface area contributed by atoms with Crippen molar-refractivity contribution in [2.24, 2.45) is 17.8 Å². The third kappa shape index (κ3) is 3.71. The van der Waals surface area contributed by atoms with Crippen molar-refractivity contribution >= 4 is 9.04 Å². The van der Waals surface area contributed by atoms with Crippen LogP contribution in [0, 0.1) is 17.8 Å². The van der Waals surface area contributed by atoms with Gasteiger partial charge in [-0.15, -0.1) is 0 Å². The molecule has 0 amide bonds. The molecule has 1 fully saturated rings. The summed E-state index contributed by atoms with van der Waals surface area (Å²) in [5.74, 6) is 2.72. The smallest absolute Gasteiger partial charge is 0.177 e. The highest BCUT2D eigenvalue weighted by Gasteiger charge is 2.36. The maximum Gasteiger partial charge on any atom is 0.177 e. The van der Waals surface area contributed by atoms with Crippen LogP contribution >= 0.6 is 0 Å². The van der Waals surface area contributed by atoms with Crippen LogP contribution in [0.3, 0.4) is 0 Å². The zero-order valence-electron chi connectivity index (χ0n) is 12.4. The minimum atomic E-state index is -0.888. The van der Waals surface area contributed by atoms with Gasteiger partial charge in [-0.3, -0.25) is 0 Å². The first-order chi connectivity index (χ1) is 8.72. The summed E-state index contributed by atoms with van der Waals surface area (Å²) >= 11 is 0. The molecule has 0 aliphatic heterocycles. The molecule has 0 N–H and O–H groups in total. The Morgan fingerprint density at radius 2 is 1.89 bits per heavy atom. The molecular formula is C16H30OSi. The minimum absolute atomic E-state index is 0.512. The van der Waals surface area contributed by atoms with E-state index >= 15 is 0 Å². The summed E-state index contributed by atoms with van der Waals surface area (Å²) in [6.07, 6.45) is 12.2. The number of fused-ring (bicyclic) bond motifs is 2. The molecule has 0 aromatic heterocycles. The summed E-state index contributed by atoms with van der Waals surface area (Å²) < 4.78 is 6.42. The average molecular weight is 267 g/mol. The average Bonchev–Trinajstić information content (AvgIpc) is 2.91. The molecule has 0 aromatic carbocycles. The second kappa shape index (κ2) is 6.90. The zero-order chi connectivity index (χ0) is 13.0.